The second kappa shape index (κ2) is 4.64. The maximum absolute atomic E-state index is 4.02. The smallest absolute Gasteiger partial charge is 0.101 e. The highest BCUT2D eigenvalue weighted by molar-refractivity contribution is 6.34. The van der Waals surface area contributed by atoms with Gasteiger partial charge in [0.1, 0.15) is 7.28 Å². The fraction of sp³-hybridized carbons (Fsp3) is 0.800. The molecule has 0 aromatic heterocycles. The van der Waals surface area contributed by atoms with Gasteiger partial charge in [0, 0.05) is 0 Å². The molecule has 1 radical (unpaired) electrons. The van der Waals surface area contributed by atoms with Gasteiger partial charge in [0.05, 0.1) is 0 Å². The van der Waals surface area contributed by atoms with Gasteiger partial charge in [0.2, 0.25) is 0 Å². The van der Waals surface area contributed by atoms with Gasteiger partial charge in [-0.15, -0.1) is 6.58 Å². The Morgan fingerprint density at radius 2 is 1.91 bits per heavy atom. The zero-order chi connectivity index (χ0) is 8.91. The average Bonchev–Trinajstić information content (AvgIpc) is 1.83. The Balaban J connectivity index is 3.46. The van der Waals surface area contributed by atoms with Crippen molar-refractivity contribution in [1.82, 2.24) is 0 Å². The number of hydrogen-bond acceptors (Lipinski definition) is 0. The molecule has 0 unspecified atom stereocenters. The lowest BCUT2D eigenvalue weighted by Gasteiger charge is -2.18. The van der Waals surface area contributed by atoms with Crippen LogP contribution < -0.4 is 0 Å². The summed E-state index contributed by atoms with van der Waals surface area (Å²) in [5.74, 6) is 0. The van der Waals surface area contributed by atoms with Crippen LogP contribution >= 0.6 is 0 Å². The van der Waals surface area contributed by atoms with E-state index in [2.05, 4.69) is 41.5 Å². The highest BCUT2D eigenvalue weighted by atomic mass is 14.1. The fourth-order valence-corrected chi connectivity index (χ4v) is 0.943. The molecule has 0 rings (SSSR count). The van der Waals surface area contributed by atoms with E-state index in [0.29, 0.717) is 5.41 Å². The summed E-state index contributed by atoms with van der Waals surface area (Å²) in [6, 6.07) is 0. The quantitative estimate of drug-likeness (QED) is 0.425. The van der Waals surface area contributed by atoms with Gasteiger partial charge in [0.25, 0.3) is 0 Å². The summed E-state index contributed by atoms with van der Waals surface area (Å²) in [5.41, 5.74) is 1.82. The van der Waals surface area contributed by atoms with Gasteiger partial charge in [-0.2, -0.15) is 0 Å². The van der Waals surface area contributed by atoms with Crippen LogP contribution in [-0.2, 0) is 0 Å². The zero-order valence-electron chi connectivity index (χ0n) is 8.41. The Morgan fingerprint density at radius 3 is 2.27 bits per heavy atom. The van der Waals surface area contributed by atoms with E-state index in [9.17, 15) is 0 Å². The Kier molecular flexibility index (Phi) is 4.55. The molecule has 0 spiro atoms. The molecule has 0 aliphatic heterocycles. The van der Waals surface area contributed by atoms with Crippen molar-refractivity contribution in [2.45, 2.75) is 46.8 Å². The first kappa shape index (κ1) is 10.8. The second-order valence-electron chi connectivity index (χ2n) is 4.42. The summed E-state index contributed by atoms with van der Waals surface area (Å²) in [4.78, 5) is 0. The summed E-state index contributed by atoms with van der Waals surface area (Å²) in [6.45, 7) is 12.9. The minimum atomic E-state index is 0.455. The Bertz CT molecular complexity index is 119. The molecule has 0 bridgehead atoms. The molecule has 0 aliphatic carbocycles. The minimum Gasteiger partial charge on any atom is -0.101 e. The first-order valence-electron chi connectivity index (χ1n) is 4.40. The second-order valence-corrected chi connectivity index (χ2v) is 4.42. The third-order valence-electron chi connectivity index (χ3n) is 1.72. The molecule has 0 saturated heterocycles. The highest BCUT2D eigenvalue weighted by Gasteiger charge is 2.09. The highest BCUT2D eigenvalue weighted by Crippen LogP contribution is 2.23. The molecule has 0 aliphatic rings. The standard InChI is InChI=1S/C10H20B/c1-9(8-11-5)6-7-10(2,3)4/h1,6-8H2,2-5H3. The number of hydrogen-bond donors (Lipinski definition) is 0. The van der Waals surface area contributed by atoms with Crippen LogP contribution in [0.15, 0.2) is 12.2 Å². The van der Waals surface area contributed by atoms with Gasteiger partial charge in [0.15, 0.2) is 0 Å². The molecule has 0 atom stereocenters. The van der Waals surface area contributed by atoms with Crippen molar-refractivity contribution in [2.24, 2.45) is 5.41 Å². The zero-order valence-corrected chi connectivity index (χ0v) is 8.41. The van der Waals surface area contributed by atoms with E-state index in [0.717, 1.165) is 6.32 Å². The molecule has 0 N–H and O–H groups in total. The molecule has 0 fully saturated rings. The van der Waals surface area contributed by atoms with Crippen molar-refractivity contribution < 1.29 is 0 Å². The number of rotatable bonds is 4. The molecular formula is C10H20B. The summed E-state index contributed by atoms with van der Waals surface area (Å²) >= 11 is 0. The van der Waals surface area contributed by atoms with E-state index >= 15 is 0 Å². The van der Waals surface area contributed by atoms with E-state index in [4.69, 9.17) is 0 Å². The Morgan fingerprint density at radius 1 is 1.36 bits per heavy atom. The van der Waals surface area contributed by atoms with Crippen molar-refractivity contribution in [3.63, 3.8) is 0 Å². The van der Waals surface area contributed by atoms with Gasteiger partial charge in [-0.25, -0.2) is 0 Å². The van der Waals surface area contributed by atoms with Crippen molar-refractivity contribution in [1.29, 1.82) is 0 Å². The van der Waals surface area contributed by atoms with Crippen molar-refractivity contribution >= 4 is 7.28 Å². The van der Waals surface area contributed by atoms with Crippen LogP contribution in [0.25, 0.3) is 0 Å². The maximum atomic E-state index is 4.02. The Labute approximate surface area is 72.3 Å². The monoisotopic (exact) mass is 151 g/mol. The lowest BCUT2D eigenvalue weighted by molar-refractivity contribution is 0.378. The molecule has 0 aromatic carbocycles. The van der Waals surface area contributed by atoms with Crippen molar-refractivity contribution in [2.75, 3.05) is 0 Å². The van der Waals surface area contributed by atoms with Crippen molar-refractivity contribution in [3.8, 4) is 0 Å². The lowest BCUT2D eigenvalue weighted by atomic mass is 9.73. The van der Waals surface area contributed by atoms with Crippen LogP contribution in [0.5, 0.6) is 0 Å². The summed E-state index contributed by atoms with van der Waals surface area (Å²) < 4.78 is 0. The molecule has 0 aromatic rings. The van der Waals surface area contributed by atoms with E-state index < -0.39 is 0 Å². The maximum Gasteiger partial charge on any atom is 0.111 e. The first-order chi connectivity index (χ1) is 4.95. The van der Waals surface area contributed by atoms with Gasteiger partial charge in [-0.3, -0.25) is 0 Å². The predicted octanol–water partition coefficient (Wildman–Crippen LogP) is 3.54. The first-order valence-corrected chi connectivity index (χ1v) is 4.40. The third kappa shape index (κ3) is 7.70. The molecule has 0 amide bonds. The lowest BCUT2D eigenvalue weighted by Crippen LogP contribution is -2.04. The molecular weight excluding hydrogens is 131 g/mol. The van der Waals surface area contributed by atoms with Crippen LogP contribution in [0.3, 0.4) is 0 Å². The summed E-state index contributed by atoms with van der Waals surface area (Å²) in [6.07, 6.45) is 3.50. The van der Waals surface area contributed by atoms with Gasteiger partial charge in [-0.05, 0) is 18.3 Å². The van der Waals surface area contributed by atoms with Crippen LogP contribution in [0.1, 0.15) is 33.6 Å². The topological polar surface area (TPSA) is 0 Å². The fourth-order valence-electron chi connectivity index (χ4n) is 0.943. The van der Waals surface area contributed by atoms with Crippen LogP contribution in [0.4, 0.5) is 0 Å². The molecule has 1 heteroatoms. The van der Waals surface area contributed by atoms with Crippen LogP contribution in [0, 0.1) is 5.41 Å². The molecule has 0 saturated carbocycles. The van der Waals surface area contributed by atoms with Gasteiger partial charge >= 0.3 is 0 Å². The van der Waals surface area contributed by atoms with Crippen LogP contribution in [-0.4, -0.2) is 7.28 Å². The molecule has 63 valence electrons. The van der Waals surface area contributed by atoms with Gasteiger partial charge in [-0.1, -0.05) is 39.5 Å². The molecule has 11 heavy (non-hydrogen) atoms. The Hall–Kier alpha value is -0.195. The average molecular weight is 151 g/mol. The number of allylic oxidation sites excluding steroid dienone is 1. The minimum absolute atomic E-state index is 0.455. The van der Waals surface area contributed by atoms with E-state index in [1.54, 1.807) is 0 Å². The van der Waals surface area contributed by atoms with E-state index in [1.165, 1.54) is 18.4 Å². The molecule has 0 heterocycles. The van der Waals surface area contributed by atoms with Crippen molar-refractivity contribution in [3.05, 3.63) is 12.2 Å². The molecule has 0 nitrogen and oxygen atoms in total. The predicted molar refractivity (Wildman–Crippen MR) is 54.3 cm³/mol. The largest absolute Gasteiger partial charge is 0.111 e. The third-order valence-corrected chi connectivity index (χ3v) is 1.72. The van der Waals surface area contributed by atoms with Gasteiger partial charge < -0.3 is 0 Å². The SMILES string of the molecule is C=C(C[B]C)CCC(C)(C)C. The van der Waals surface area contributed by atoms with Crippen LogP contribution in [0.2, 0.25) is 13.1 Å². The van der Waals surface area contributed by atoms with E-state index in [-0.39, 0.29) is 0 Å². The van der Waals surface area contributed by atoms with E-state index in [1.807, 2.05) is 0 Å². The summed E-state index contributed by atoms with van der Waals surface area (Å²) in [7, 11) is 2.17. The summed E-state index contributed by atoms with van der Waals surface area (Å²) in [5, 5.41) is 0. The normalized spacial score (nSPS) is 11.3.